The Morgan fingerprint density at radius 1 is 0.425 bits per heavy atom. The second-order valence-corrected chi connectivity index (χ2v) is 19.6. The van der Waals surface area contributed by atoms with Gasteiger partial charge < -0.3 is 14.5 Å². The fraction of sp³-hybridized carbons (Fsp3) is 0.0154. The maximum Gasteiger partial charge on any atom is 0.166 e. The third kappa shape index (κ3) is 6.51. The van der Waals surface area contributed by atoms with Crippen molar-refractivity contribution in [3.63, 3.8) is 0 Å². The number of aromatic nitrogens is 5. The summed E-state index contributed by atoms with van der Waals surface area (Å²) < 4.78 is 7.48. The summed E-state index contributed by atoms with van der Waals surface area (Å²) in [6.07, 6.45) is 0. The van der Waals surface area contributed by atoms with Gasteiger partial charge in [0.15, 0.2) is 17.5 Å². The third-order valence-corrected chi connectivity index (χ3v) is 15.6. The van der Waals surface area contributed by atoms with E-state index in [-0.39, 0.29) is 6.04 Å². The van der Waals surface area contributed by atoms with Gasteiger partial charge in [-0.15, -0.1) is 11.3 Å². The van der Waals surface area contributed by atoms with Crippen LogP contribution in [0.4, 0.5) is 11.4 Å². The number of hydrogen-bond acceptors (Lipinski definition) is 6. The van der Waals surface area contributed by atoms with E-state index >= 15 is 0 Å². The highest BCUT2D eigenvalue weighted by Crippen LogP contribution is 2.52. The molecule has 342 valence electrons. The molecule has 1 aliphatic rings. The van der Waals surface area contributed by atoms with Crippen LogP contribution >= 0.6 is 11.3 Å². The number of hydrogen-bond donors (Lipinski definition) is 1. The van der Waals surface area contributed by atoms with E-state index in [0.29, 0.717) is 17.5 Å². The van der Waals surface area contributed by atoms with Crippen molar-refractivity contribution in [2.45, 2.75) is 6.04 Å². The van der Waals surface area contributed by atoms with Gasteiger partial charge in [-0.05, 0) is 65.7 Å². The molecule has 10 aromatic carbocycles. The number of benzene rings is 10. The van der Waals surface area contributed by atoms with Crippen molar-refractivity contribution in [3.05, 3.63) is 248 Å². The summed E-state index contributed by atoms with van der Waals surface area (Å²) in [5, 5.41) is 11.1. The third-order valence-electron chi connectivity index (χ3n) is 14.4. The lowest BCUT2D eigenvalue weighted by Gasteiger charge is -2.28. The standard InChI is InChI=1S/C65H41N7S/c1-5-21-40(22-6-1)58-59(67-50-33-17-16-32-49(50)66-58)43-37-38-53(48(39-43)65-69-63(41-23-7-2-8-24-41)68-64(70-65)42-25-9-3-10-26-42)72-52-35-19-14-30-46(52)56-61(72)55-45-29-13-18-34-51(45)71(44-27-11-4-12-28-44)60(55)57-47-31-15-20-36-54(47)73-62(56)57/h1-39,58,66H. The van der Waals surface area contributed by atoms with E-state index < -0.39 is 0 Å². The first-order valence-corrected chi connectivity index (χ1v) is 25.4. The van der Waals surface area contributed by atoms with Gasteiger partial charge in [0.2, 0.25) is 0 Å². The van der Waals surface area contributed by atoms with Crippen molar-refractivity contribution in [1.82, 2.24) is 24.1 Å². The van der Waals surface area contributed by atoms with E-state index in [1.807, 2.05) is 53.8 Å². The van der Waals surface area contributed by atoms with Crippen LogP contribution in [0.1, 0.15) is 17.2 Å². The molecule has 0 spiro atoms. The van der Waals surface area contributed by atoms with E-state index in [0.717, 1.165) is 72.8 Å². The molecular weight excluding hydrogens is 911 g/mol. The van der Waals surface area contributed by atoms with Gasteiger partial charge in [-0.2, -0.15) is 0 Å². The van der Waals surface area contributed by atoms with Crippen LogP contribution in [0.2, 0.25) is 0 Å². The maximum atomic E-state index is 5.49. The summed E-state index contributed by atoms with van der Waals surface area (Å²) >= 11 is 1.87. The van der Waals surface area contributed by atoms with E-state index in [2.05, 4.69) is 209 Å². The van der Waals surface area contributed by atoms with Crippen LogP contribution in [0, 0.1) is 0 Å². The van der Waals surface area contributed by atoms with Gasteiger partial charge in [0.1, 0.15) is 0 Å². The highest BCUT2D eigenvalue weighted by atomic mass is 32.1. The van der Waals surface area contributed by atoms with Gasteiger partial charge in [-0.1, -0.05) is 182 Å². The van der Waals surface area contributed by atoms with E-state index in [1.54, 1.807) is 0 Å². The molecule has 14 aromatic rings. The quantitative estimate of drug-likeness (QED) is 0.173. The van der Waals surface area contributed by atoms with Gasteiger partial charge in [-0.25, -0.2) is 19.9 Å². The molecule has 0 amide bonds. The smallest absolute Gasteiger partial charge is 0.166 e. The molecule has 4 aromatic heterocycles. The summed E-state index contributed by atoms with van der Waals surface area (Å²) in [7, 11) is 0. The van der Waals surface area contributed by atoms with Crippen molar-refractivity contribution >= 4 is 92.2 Å². The molecule has 0 aliphatic carbocycles. The molecule has 0 fully saturated rings. The predicted molar refractivity (Wildman–Crippen MR) is 303 cm³/mol. The van der Waals surface area contributed by atoms with Crippen LogP contribution in [0.15, 0.2) is 242 Å². The van der Waals surface area contributed by atoms with Crippen LogP contribution in [0.3, 0.4) is 0 Å². The van der Waals surface area contributed by atoms with Crippen molar-refractivity contribution < 1.29 is 0 Å². The Balaban J connectivity index is 1.12. The largest absolute Gasteiger partial charge is 0.371 e. The molecule has 15 rings (SSSR count). The zero-order valence-electron chi connectivity index (χ0n) is 39.2. The highest BCUT2D eigenvalue weighted by molar-refractivity contribution is 7.27. The molecule has 8 heteroatoms. The number of anilines is 1. The first-order valence-electron chi connectivity index (χ1n) is 24.6. The average molecular weight is 952 g/mol. The SMILES string of the molecule is c1ccc(-c2nc(-c3ccccc3)nc(-c3cc(C4=Nc5ccccc5NC4c4ccccc4)ccc3-n3c4ccccc4c4c5sc6ccccc6c5c5c(c6ccccc6n5-c5ccccc5)c43)n2)cc1. The molecule has 7 nitrogen and oxygen atoms in total. The van der Waals surface area contributed by atoms with Crippen LogP contribution < -0.4 is 5.32 Å². The number of rotatable bonds is 7. The number of thiophene rings is 1. The molecule has 1 aliphatic heterocycles. The fourth-order valence-corrected chi connectivity index (χ4v) is 12.5. The molecule has 73 heavy (non-hydrogen) atoms. The van der Waals surface area contributed by atoms with Crippen molar-refractivity contribution in [3.8, 4) is 45.5 Å². The van der Waals surface area contributed by atoms with Gasteiger partial charge in [0.25, 0.3) is 0 Å². The van der Waals surface area contributed by atoms with Crippen LogP contribution in [0.25, 0.3) is 109 Å². The first kappa shape index (κ1) is 41.3. The number of nitrogens with one attached hydrogen (secondary N) is 1. The Labute approximate surface area is 423 Å². The monoisotopic (exact) mass is 951 g/mol. The second kappa shape index (κ2) is 16.6. The van der Waals surface area contributed by atoms with Gasteiger partial charge in [0, 0.05) is 64.1 Å². The van der Waals surface area contributed by atoms with Gasteiger partial charge in [0.05, 0.1) is 50.9 Å². The zero-order valence-corrected chi connectivity index (χ0v) is 40.0. The Morgan fingerprint density at radius 3 is 1.67 bits per heavy atom. The van der Waals surface area contributed by atoms with Crippen molar-refractivity contribution in [1.29, 1.82) is 0 Å². The second-order valence-electron chi connectivity index (χ2n) is 18.6. The average Bonchev–Trinajstić information content (AvgIpc) is 4.14. The Bertz CT molecular complexity index is 4460. The fourth-order valence-electron chi connectivity index (χ4n) is 11.2. The lowest BCUT2D eigenvalue weighted by molar-refractivity contribution is 1.01. The molecule has 0 bridgehead atoms. The summed E-state index contributed by atoms with van der Waals surface area (Å²) in [6, 6.07) is 83.4. The molecule has 0 radical (unpaired) electrons. The molecule has 1 N–H and O–H groups in total. The van der Waals surface area contributed by atoms with E-state index in [1.165, 1.54) is 47.2 Å². The zero-order chi connectivity index (χ0) is 48.0. The minimum Gasteiger partial charge on any atom is -0.371 e. The molecule has 1 unspecified atom stereocenters. The molecule has 5 heterocycles. The number of fused-ring (bicyclic) bond motifs is 13. The van der Waals surface area contributed by atoms with Crippen LogP contribution in [0.5, 0.6) is 0 Å². The number of para-hydroxylation sites is 5. The summed E-state index contributed by atoms with van der Waals surface area (Å²) in [5.41, 5.74) is 14.1. The molecule has 0 saturated carbocycles. The summed E-state index contributed by atoms with van der Waals surface area (Å²) in [5.74, 6) is 1.75. The Morgan fingerprint density at radius 2 is 0.959 bits per heavy atom. The topological polar surface area (TPSA) is 72.9 Å². The lowest BCUT2D eigenvalue weighted by Crippen LogP contribution is -2.25. The summed E-state index contributed by atoms with van der Waals surface area (Å²) in [6.45, 7) is 0. The molecule has 1 atom stereocenters. The minimum absolute atomic E-state index is 0.230. The Hall–Kier alpha value is -9.50. The van der Waals surface area contributed by atoms with E-state index in [9.17, 15) is 0 Å². The van der Waals surface area contributed by atoms with Gasteiger partial charge in [-0.3, -0.25) is 0 Å². The normalized spacial score (nSPS) is 13.5. The molecule has 0 saturated heterocycles. The van der Waals surface area contributed by atoms with Crippen LogP contribution in [-0.2, 0) is 0 Å². The lowest BCUT2D eigenvalue weighted by atomic mass is 9.92. The molecular formula is C65H41N7S. The summed E-state index contributed by atoms with van der Waals surface area (Å²) in [4.78, 5) is 21.6. The van der Waals surface area contributed by atoms with E-state index in [4.69, 9.17) is 19.9 Å². The number of aliphatic imine (C=N–C) groups is 1. The predicted octanol–water partition coefficient (Wildman–Crippen LogP) is 16.7. The number of nitrogens with zero attached hydrogens (tertiary/aromatic N) is 6. The Kier molecular flexibility index (Phi) is 9.36. The van der Waals surface area contributed by atoms with Crippen LogP contribution in [-0.4, -0.2) is 29.8 Å². The maximum absolute atomic E-state index is 5.49. The van der Waals surface area contributed by atoms with Gasteiger partial charge >= 0.3 is 0 Å². The highest BCUT2D eigenvalue weighted by Gasteiger charge is 2.30. The minimum atomic E-state index is -0.230. The van der Waals surface area contributed by atoms with Crippen molar-refractivity contribution in [2.24, 2.45) is 4.99 Å². The van der Waals surface area contributed by atoms with Crippen molar-refractivity contribution in [2.75, 3.05) is 5.32 Å². The first-order chi connectivity index (χ1) is 36.2.